The van der Waals surface area contributed by atoms with Gasteiger partial charge in [0.2, 0.25) is 0 Å². The Balaban J connectivity index is 2.40. The van der Waals surface area contributed by atoms with Crippen LogP contribution in [0.25, 0.3) is 16.8 Å². The lowest BCUT2D eigenvalue weighted by molar-refractivity contribution is 1.22. The number of rotatable bonds is 0. The molecule has 2 aromatic carbocycles. The van der Waals surface area contributed by atoms with E-state index in [1.807, 2.05) is 18.0 Å². The van der Waals surface area contributed by atoms with Gasteiger partial charge in [-0.3, -0.25) is 9.98 Å². The van der Waals surface area contributed by atoms with Crippen molar-refractivity contribution in [2.45, 2.75) is 4.90 Å². The zero-order valence-electron chi connectivity index (χ0n) is 8.47. The van der Waals surface area contributed by atoms with Crippen LogP contribution in [0.4, 0.5) is 0 Å². The molecule has 0 bridgehead atoms. The molecular weight excluding hydrogens is 216 g/mol. The van der Waals surface area contributed by atoms with E-state index in [4.69, 9.17) is 0 Å². The third-order valence-corrected chi connectivity index (χ3v) is 3.99. The van der Waals surface area contributed by atoms with Crippen molar-refractivity contribution in [1.29, 1.82) is 0 Å². The fourth-order valence-electron chi connectivity index (χ4n) is 2.34. The van der Waals surface area contributed by atoms with E-state index in [1.165, 1.54) is 21.2 Å². The van der Waals surface area contributed by atoms with E-state index in [-0.39, 0.29) is 0 Å². The zero-order chi connectivity index (χ0) is 10.5. The van der Waals surface area contributed by atoms with Crippen LogP contribution in [0, 0.1) is 0 Å². The Bertz CT molecular complexity index is 745. The van der Waals surface area contributed by atoms with Crippen molar-refractivity contribution in [1.82, 2.24) is 0 Å². The minimum absolute atomic E-state index is 0.837. The van der Waals surface area contributed by atoms with Crippen LogP contribution < -0.4 is 10.7 Å². The molecule has 0 radical (unpaired) electrons. The van der Waals surface area contributed by atoms with Crippen LogP contribution in [-0.4, -0.2) is 5.88 Å². The number of nitrogens with zero attached hydrogens (tertiary/aromatic N) is 2. The van der Waals surface area contributed by atoms with Gasteiger partial charge in [-0.2, -0.15) is 0 Å². The molecule has 0 saturated heterocycles. The number of benzene rings is 2. The van der Waals surface area contributed by atoms with Gasteiger partial charge in [-0.1, -0.05) is 36.0 Å². The first-order valence-electron chi connectivity index (χ1n) is 5.21. The number of hydrogen-bond donors (Lipinski definition) is 0. The molecule has 0 aromatic heterocycles. The summed E-state index contributed by atoms with van der Waals surface area (Å²) in [6.45, 7) is 0. The Morgan fingerprint density at radius 2 is 1.88 bits per heavy atom. The third kappa shape index (κ3) is 0.938. The normalized spacial score (nSPS) is 15.8. The van der Waals surface area contributed by atoms with Gasteiger partial charge >= 0.3 is 0 Å². The summed E-state index contributed by atoms with van der Waals surface area (Å²) in [6, 6.07) is 8.39. The van der Waals surface area contributed by atoms with Crippen molar-refractivity contribution in [2.24, 2.45) is 9.98 Å². The highest BCUT2D eigenvalue weighted by atomic mass is 32.2. The van der Waals surface area contributed by atoms with E-state index in [0.29, 0.717) is 0 Å². The molecule has 0 spiro atoms. The molecule has 2 aromatic rings. The molecule has 76 valence electrons. The second kappa shape index (κ2) is 2.95. The Kier molecular flexibility index (Phi) is 1.57. The third-order valence-electron chi connectivity index (χ3n) is 3.03. The SMILES string of the molecule is C1=Cc2c3c(c4ccccc4c2=N1)=NCS3. The molecule has 2 aliphatic heterocycles. The van der Waals surface area contributed by atoms with Gasteiger partial charge in [-0.25, -0.2) is 0 Å². The first-order valence-corrected chi connectivity index (χ1v) is 6.20. The number of fused-ring (bicyclic) bond motifs is 6. The second-order valence-electron chi connectivity index (χ2n) is 3.86. The molecule has 0 amide bonds. The molecule has 0 unspecified atom stereocenters. The zero-order valence-corrected chi connectivity index (χ0v) is 9.29. The van der Waals surface area contributed by atoms with Crippen LogP contribution in [0.3, 0.4) is 0 Å². The maximum Gasteiger partial charge on any atom is 0.0899 e. The molecule has 2 heterocycles. The van der Waals surface area contributed by atoms with Crippen molar-refractivity contribution in [3.63, 3.8) is 0 Å². The van der Waals surface area contributed by atoms with Gasteiger partial charge in [0.05, 0.1) is 16.6 Å². The summed E-state index contributed by atoms with van der Waals surface area (Å²) < 4.78 is 0. The van der Waals surface area contributed by atoms with Crippen LogP contribution in [0.1, 0.15) is 5.56 Å². The Morgan fingerprint density at radius 3 is 2.75 bits per heavy atom. The van der Waals surface area contributed by atoms with Crippen LogP contribution in [0.15, 0.2) is 45.3 Å². The predicted molar refractivity (Wildman–Crippen MR) is 66.0 cm³/mol. The second-order valence-corrected chi connectivity index (χ2v) is 4.82. The van der Waals surface area contributed by atoms with E-state index >= 15 is 0 Å². The van der Waals surface area contributed by atoms with Crippen molar-refractivity contribution >= 4 is 28.6 Å². The van der Waals surface area contributed by atoms with Crippen molar-refractivity contribution < 1.29 is 0 Å². The average molecular weight is 224 g/mol. The summed E-state index contributed by atoms with van der Waals surface area (Å²) in [5.41, 5.74) is 1.25. The molecule has 0 atom stereocenters. The standard InChI is InChI=1S/C13H8N2S/c1-2-4-9-8(3-1)11-10(5-6-14-11)13-12(9)15-7-16-13/h1-6H,7H2. The van der Waals surface area contributed by atoms with Crippen LogP contribution in [0.5, 0.6) is 0 Å². The molecule has 0 N–H and O–H groups in total. The Hall–Kier alpha value is -1.61. The number of hydrogen-bond acceptors (Lipinski definition) is 3. The van der Waals surface area contributed by atoms with Gasteiger partial charge in [-0.15, -0.1) is 0 Å². The molecule has 3 heteroatoms. The molecule has 0 aliphatic carbocycles. The minimum Gasteiger partial charge on any atom is -0.272 e. The van der Waals surface area contributed by atoms with E-state index in [2.05, 4.69) is 40.3 Å². The summed E-state index contributed by atoms with van der Waals surface area (Å²) >= 11 is 1.81. The highest BCUT2D eigenvalue weighted by Gasteiger charge is 2.17. The minimum atomic E-state index is 0.837. The monoisotopic (exact) mass is 224 g/mol. The van der Waals surface area contributed by atoms with Gasteiger partial charge in [0, 0.05) is 27.4 Å². The summed E-state index contributed by atoms with van der Waals surface area (Å²) in [5.74, 6) is 0.837. The van der Waals surface area contributed by atoms with Gasteiger partial charge in [0.25, 0.3) is 0 Å². The van der Waals surface area contributed by atoms with Crippen molar-refractivity contribution in [3.05, 3.63) is 46.7 Å². The maximum absolute atomic E-state index is 4.59. The lowest BCUT2D eigenvalue weighted by Crippen LogP contribution is -2.15. The van der Waals surface area contributed by atoms with Crippen molar-refractivity contribution in [2.75, 3.05) is 5.88 Å². The Labute approximate surface area is 96.4 Å². The highest BCUT2D eigenvalue weighted by Crippen LogP contribution is 2.26. The van der Waals surface area contributed by atoms with Gasteiger partial charge < -0.3 is 0 Å². The smallest absolute Gasteiger partial charge is 0.0899 e. The first-order chi connectivity index (χ1) is 7.95. The fourth-order valence-corrected chi connectivity index (χ4v) is 3.30. The van der Waals surface area contributed by atoms with Crippen LogP contribution in [0.2, 0.25) is 0 Å². The quantitative estimate of drug-likeness (QED) is 0.672. The summed E-state index contributed by atoms with van der Waals surface area (Å²) in [5, 5.41) is 4.71. The molecular formula is C13H8N2S. The lowest BCUT2D eigenvalue weighted by atomic mass is 10.1. The summed E-state index contributed by atoms with van der Waals surface area (Å²) in [4.78, 5) is 10.4. The molecule has 16 heavy (non-hydrogen) atoms. The molecule has 2 nitrogen and oxygen atoms in total. The molecule has 0 fully saturated rings. The molecule has 0 saturated carbocycles. The average Bonchev–Trinajstić information content (AvgIpc) is 2.98. The van der Waals surface area contributed by atoms with Gasteiger partial charge in [0.1, 0.15) is 0 Å². The largest absolute Gasteiger partial charge is 0.272 e. The summed E-state index contributed by atoms with van der Waals surface area (Å²) in [7, 11) is 0. The van der Waals surface area contributed by atoms with E-state index in [1.54, 1.807) is 0 Å². The first kappa shape index (κ1) is 8.53. The predicted octanol–water partition coefficient (Wildman–Crippen LogP) is 2.13. The van der Waals surface area contributed by atoms with E-state index < -0.39 is 0 Å². The number of thioether (sulfide) groups is 1. The van der Waals surface area contributed by atoms with Gasteiger partial charge in [0.15, 0.2) is 0 Å². The summed E-state index contributed by atoms with van der Waals surface area (Å²) in [6.07, 6.45) is 3.98. The molecule has 4 rings (SSSR count). The van der Waals surface area contributed by atoms with Crippen LogP contribution in [-0.2, 0) is 0 Å². The molecule has 2 aliphatic rings. The topological polar surface area (TPSA) is 24.7 Å². The highest BCUT2D eigenvalue weighted by molar-refractivity contribution is 7.99. The van der Waals surface area contributed by atoms with E-state index in [0.717, 1.165) is 16.6 Å². The Morgan fingerprint density at radius 1 is 1.06 bits per heavy atom. The van der Waals surface area contributed by atoms with Gasteiger partial charge in [-0.05, 0) is 6.08 Å². The maximum atomic E-state index is 4.59. The van der Waals surface area contributed by atoms with Crippen molar-refractivity contribution in [3.8, 4) is 0 Å². The lowest BCUT2D eigenvalue weighted by Gasteiger charge is -2.03. The van der Waals surface area contributed by atoms with Crippen LogP contribution >= 0.6 is 11.8 Å². The van der Waals surface area contributed by atoms with E-state index in [9.17, 15) is 0 Å². The fraction of sp³-hybridized carbons (Fsp3) is 0.0769.